The Morgan fingerprint density at radius 2 is 1.19 bits per heavy atom. The summed E-state index contributed by atoms with van der Waals surface area (Å²) in [7, 11) is 0. The summed E-state index contributed by atoms with van der Waals surface area (Å²) >= 11 is 0. The number of hydrogen-bond acceptors (Lipinski definition) is 5. The van der Waals surface area contributed by atoms with E-state index in [1.54, 1.807) is 18.2 Å². The smallest absolute Gasteiger partial charge is 0.165 e. The van der Waals surface area contributed by atoms with E-state index < -0.39 is 18.0 Å². The monoisotopic (exact) mass is 562 g/mol. The fraction of sp³-hybridized carbons (Fsp3) is 0.167. The largest absolute Gasteiger partial charge is 0.489 e. The zero-order valence-corrected chi connectivity index (χ0v) is 23.0. The first-order chi connectivity index (χ1) is 20.6. The normalized spacial score (nSPS) is 15.8. The molecular formula is C36H31FO5. The van der Waals surface area contributed by atoms with E-state index in [-0.39, 0.29) is 18.8 Å². The van der Waals surface area contributed by atoms with Crippen molar-refractivity contribution in [3.8, 4) is 23.0 Å². The van der Waals surface area contributed by atoms with Crippen LogP contribution in [-0.4, -0.2) is 11.2 Å². The summed E-state index contributed by atoms with van der Waals surface area (Å²) in [5, 5.41) is 11.1. The molecule has 212 valence electrons. The Kier molecular flexibility index (Phi) is 8.33. The van der Waals surface area contributed by atoms with Crippen LogP contribution in [0.4, 0.5) is 4.39 Å². The Morgan fingerprint density at radius 1 is 0.643 bits per heavy atom. The van der Waals surface area contributed by atoms with Crippen LogP contribution in [0.1, 0.15) is 33.9 Å². The molecule has 0 spiro atoms. The van der Waals surface area contributed by atoms with Gasteiger partial charge in [0.05, 0.1) is 6.10 Å². The van der Waals surface area contributed by atoms with Gasteiger partial charge in [-0.2, -0.15) is 0 Å². The van der Waals surface area contributed by atoms with Crippen LogP contribution in [-0.2, 0) is 26.2 Å². The van der Waals surface area contributed by atoms with Crippen LogP contribution in [0.25, 0.3) is 0 Å². The molecule has 0 aromatic heterocycles. The second-order valence-corrected chi connectivity index (χ2v) is 10.2. The van der Waals surface area contributed by atoms with E-state index in [1.165, 1.54) is 6.07 Å². The molecule has 1 aliphatic rings. The summed E-state index contributed by atoms with van der Waals surface area (Å²) in [6, 6.07) is 37.6. The SMILES string of the molecule is OC1Cc2c(OCc3ccccc3)cc(OCc3ccccc3)cc2OC1c1ccc(OCc2ccccc2)c(F)c1. The summed E-state index contributed by atoms with van der Waals surface area (Å²) in [5.41, 5.74) is 4.24. The molecule has 0 amide bonds. The lowest BCUT2D eigenvalue weighted by atomic mass is 9.94. The molecule has 5 aromatic carbocycles. The van der Waals surface area contributed by atoms with Crippen molar-refractivity contribution in [2.24, 2.45) is 0 Å². The first-order valence-corrected chi connectivity index (χ1v) is 13.9. The van der Waals surface area contributed by atoms with Gasteiger partial charge < -0.3 is 24.1 Å². The molecule has 1 N–H and O–H groups in total. The zero-order chi connectivity index (χ0) is 28.7. The van der Waals surface area contributed by atoms with E-state index in [4.69, 9.17) is 18.9 Å². The van der Waals surface area contributed by atoms with E-state index >= 15 is 4.39 Å². The van der Waals surface area contributed by atoms with Gasteiger partial charge in [-0.15, -0.1) is 0 Å². The number of fused-ring (bicyclic) bond motifs is 1. The number of aliphatic hydroxyl groups excluding tert-OH is 1. The van der Waals surface area contributed by atoms with Crippen molar-refractivity contribution in [1.82, 2.24) is 0 Å². The molecule has 0 radical (unpaired) electrons. The molecule has 0 saturated carbocycles. The number of ether oxygens (including phenoxy) is 4. The predicted octanol–water partition coefficient (Wildman–Crippen LogP) is 7.60. The summed E-state index contributed by atoms with van der Waals surface area (Å²) < 4.78 is 39.4. The lowest BCUT2D eigenvalue weighted by Gasteiger charge is -2.32. The van der Waals surface area contributed by atoms with Gasteiger partial charge in [0.15, 0.2) is 11.6 Å². The first kappa shape index (κ1) is 27.4. The van der Waals surface area contributed by atoms with Crippen molar-refractivity contribution in [2.45, 2.75) is 38.4 Å². The highest BCUT2D eigenvalue weighted by Crippen LogP contribution is 2.43. The molecule has 0 aliphatic carbocycles. The molecule has 2 unspecified atom stereocenters. The third kappa shape index (κ3) is 6.56. The van der Waals surface area contributed by atoms with Gasteiger partial charge in [-0.3, -0.25) is 0 Å². The van der Waals surface area contributed by atoms with E-state index in [9.17, 15) is 5.11 Å². The number of rotatable bonds is 10. The number of aliphatic hydroxyl groups is 1. The Balaban J connectivity index is 1.23. The van der Waals surface area contributed by atoms with Crippen molar-refractivity contribution in [3.05, 3.63) is 155 Å². The molecule has 5 aromatic rings. The summed E-state index contributed by atoms with van der Waals surface area (Å²) in [4.78, 5) is 0. The quantitative estimate of drug-likeness (QED) is 0.190. The van der Waals surface area contributed by atoms with Crippen molar-refractivity contribution >= 4 is 0 Å². The number of benzene rings is 5. The van der Waals surface area contributed by atoms with Crippen molar-refractivity contribution < 1.29 is 28.4 Å². The van der Waals surface area contributed by atoms with Crippen molar-refractivity contribution in [1.29, 1.82) is 0 Å². The Labute approximate surface area is 244 Å². The third-order valence-electron chi connectivity index (χ3n) is 7.17. The second kappa shape index (κ2) is 12.8. The van der Waals surface area contributed by atoms with Crippen LogP contribution in [0.2, 0.25) is 0 Å². The number of hydrogen-bond donors (Lipinski definition) is 1. The van der Waals surface area contributed by atoms with E-state index in [0.29, 0.717) is 36.0 Å². The lowest BCUT2D eigenvalue weighted by molar-refractivity contribution is 0.0192. The van der Waals surface area contributed by atoms with Crippen LogP contribution in [0.15, 0.2) is 121 Å². The van der Waals surface area contributed by atoms with E-state index in [0.717, 1.165) is 22.3 Å². The van der Waals surface area contributed by atoms with E-state index in [1.807, 2.05) is 97.1 Å². The standard InChI is InChI=1S/C36H31FO5/c37-31-18-28(16-17-33(31)40-23-26-12-6-2-7-13-26)36-32(38)21-30-34(41-24-27-14-8-3-9-15-27)19-29(20-35(30)42-36)39-22-25-10-4-1-5-11-25/h1-20,32,36,38H,21-24H2. The zero-order valence-electron chi connectivity index (χ0n) is 23.0. The minimum absolute atomic E-state index is 0.140. The van der Waals surface area contributed by atoms with Gasteiger partial charge in [0.2, 0.25) is 0 Å². The van der Waals surface area contributed by atoms with Crippen LogP contribution in [0.5, 0.6) is 23.0 Å². The molecule has 6 heteroatoms. The number of halogens is 1. The molecule has 0 bridgehead atoms. The van der Waals surface area contributed by atoms with Gasteiger partial charge in [-0.05, 0) is 34.4 Å². The van der Waals surface area contributed by atoms with Gasteiger partial charge in [0.1, 0.15) is 43.2 Å². The minimum atomic E-state index is -0.914. The molecular weight excluding hydrogens is 531 g/mol. The summed E-state index contributed by atoms with van der Waals surface area (Å²) in [5.74, 6) is 1.31. The molecule has 0 fully saturated rings. The van der Waals surface area contributed by atoms with Crippen molar-refractivity contribution in [3.63, 3.8) is 0 Å². The van der Waals surface area contributed by atoms with Crippen LogP contribution in [0, 0.1) is 5.82 Å². The third-order valence-corrected chi connectivity index (χ3v) is 7.17. The van der Waals surface area contributed by atoms with Crippen LogP contribution < -0.4 is 18.9 Å². The van der Waals surface area contributed by atoms with E-state index in [2.05, 4.69) is 0 Å². The molecule has 0 saturated heterocycles. The highest BCUT2D eigenvalue weighted by Gasteiger charge is 2.33. The molecule has 6 rings (SSSR count). The fourth-order valence-electron chi connectivity index (χ4n) is 4.96. The van der Waals surface area contributed by atoms with Gasteiger partial charge >= 0.3 is 0 Å². The van der Waals surface area contributed by atoms with Gasteiger partial charge in [0, 0.05) is 24.1 Å². The maximum atomic E-state index is 15.1. The van der Waals surface area contributed by atoms with Gasteiger partial charge in [-0.1, -0.05) is 97.1 Å². The average molecular weight is 563 g/mol. The Morgan fingerprint density at radius 3 is 1.76 bits per heavy atom. The second-order valence-electron chi connectivity index (χ2n) is 10.2. The van der Waals surface area contributed by atoms with Crippen molar-refractivity contribution in [2.75, 3.05) is 0 Å². The van der Waals surface area contributed by atoms with Gasteiger partial charge in [-0.25, -0.2) is 4.39 Å². The first-order valence-electron chi connectivity index (χ1n) is 13.9. The molecule has 5 nitrogen and oxygen atoms in total. The topological polar surface area (TPSA) is 57.2 Å². The molecule has 1 aliphatic heterocycles. The Hall–Kier alpha value is -4.81. The fourth-order valence-corrected chi connectivity index (χ4v) is 4.96. The molecule has 2 atom stereocenters. The lowest BCUT2D eigenvalue weighted by Crippen LogP contribution is -2.30. The highest BCUT2D eigenvalue weighted by molar-refractivity contribution is 5.53. The predicted molar refractivity (Wildman–Crippen MR) is 158 cm³/mol. The maximum absolute atomic E-state index is 15.1. The van der Waals surface area contributed by atoms with Gasteiger partial charge in [0.25, 0.3) is 0 Å². The maximum Gasteiger partial charge on any atom is 0.165 e. The Bertz CT molecular complexity index is 1610. The van der Waals surface area contributed by atoms with Crippen LogP contribution >= 0.6 is 0 Å². The van der Waals surface area contributed by atoms with Crippen LogP contribution in [0.3, 0.4) is 0 Å². The average Bonchev–Trinajstić information content (AvgIpc) is 3.03. The molecule has 42 heavy (non-hydrogen) atoms. The highest BCUT2D eigenvalue weighted by atomic mass is 19.1. The summed E-state index contributed by atoms with van der Waals surface area (Å²) in [6.45, 7) is 0.981. The summed E-state index contributed by atoms with van der Waals surface area (Å²) in [6.07, 6.45) is -1.42. The minimum Gasteiger partial charge on any atom is -0.489 e. The molecule has 1 heterocycles.